The van der Waals surface area contributed by atoms with Crippen LogP contribution in [-0.4, -0.2) is 18.2 Å². The molecular formula is C10H4ClI3N2O2. The molecule has 0 spiro atoms. The lowest BCUT2D eigenvalue weighted by molar-refractivity contribution is 0.0961. The van der Waals surface area contributed by atoms with Crippen molar-refractivity contribution in [1.29, 1.82) is 5.26 Å². The molecule has 0 aliphatic heterocycles. The second-order valence-electron chi connectivity index (χ2n) is 3.03. The van der Waals surface area contributed by atoms with Crippen molar-refractivity contribution in [2.45, 2.75) is 0 Å². The molecule has 0 saturated heterocycles. The van der Waals surface area contributed by atoms with Crippen molar-refractivity contribution in [1.82, 2.24) is 5.32 Å². The monoisotopic (exact) mass is 600 g/mol. The summed E-state index contributed by atoms with van der Waals surface area (Å²) in [5, 5.41) is 10.9. The third kappa shape index (κ3) is 2.91. The molecule has 0 fully saturated rings. The molecule has 1 rings (SSSR count). The highest BCUT2D eigenvalue weighted by Gasteiger charge is 2.26. The van der Waals surface area contributed by atoms with Crippen molar-refractivity contribution >= 4 is 90.5 Å². The van der Waals surface area contributed by atoms with Crippen LogP contribution in [0.5, 0.6) is 0 Å². The number of amides is 1. The maximum Gasteiger partial charge on any atom is 0.254 e. The highest BCUT2D eigenvalue weighted by Crippen LogP contribution is 2.32. The zero-order valence-electron chi connectivity index (χ0n) is 8.78. The van der Waals surface area contributed by atoms with Crippen LogP contribution in [0.25, 0.3) is 0 Å². The molecule has 18 heavy (non-hydrogen) atoms. The van der Waals surface area contributed by atoms with Gasteiger partial charge in [-0.1, -0.05) is 0 Å². The number of rotatable bonds is 2. The van der Waals surface area contributed by atoms with Crippen molar-refractivity contribution in [2.75, 3.05) is 7.05 Å². The van der Waals surface area contributed by atoms with Crippen LogP contribution in [0.3, 0.4) is 0 Å². The van der Waals surface area contributed by atoms with Gasteiger partial charge in [-0.3, -0.25) is 9.59 Å². The number of hydrogen-bond donors (Lipinski definition) is 1. The second kappa shape index (κ2) is 6.67. The summed E-state index contributed by atoms with van der Waals surface area (Å²) in [4.78, 5) is 23.3. The molecule has 1 aromatic rings. The molecule has 1 amide bonds. The molecule has 0 aromatic heterocycles. The van der Waals surface area contributed by atoms with Gasteiger partial charge in [-0.2, -0.15) is 5.26 Å². The van der Waals surface area contributed by atoms with E-state index >= 15 is 0 Å². The SMILES string of the molecule is CNC(=O)c1c(I)c(C#N)c(I)c(C(=O)Cl)c1I. The molecule has 4 nitrogen and oxygen atoms in total. The second-order valence-corrected chi connectivity index (χ2v) is 6.61. The first-order valence-electron chi connectivity index (χ1n) is 4.39. The highest BCUT2D eigenvalue weighted by atomic mass is 127. The van der Waals surface area contributed by atoms with E-state index in [1.807, 2.05) is 73.8 Å². The zero-order chi connectivity index (χ0) is 14.0. The van der Waals surface area contributed by atoms with E-state index in [-0.39, 0.29) is 11.5 Å². The predicted molar refractivity (Wildman–Crippen MR) is 92.9 cm³/mol. The maximum atomic E-state index is 11.8. The summed E-state index contributed by atoms with van der Waals surface area (Å²) in [6.07, 6.45) is 0. The fourth-order valence-corrected chi connectivity index (χ4v) is 6.15. The molecule has 1 N–H and O–H groups in total. The molecule has 0 aliphatic carbocycles. The quantitative estimate of drug-likeness (QED) is 0.420. The Kier molecular flexibility index (Phi) is 6.07. The largest absolute Gasteiger partial charge is 0.355 e. The van der Waals surface area contributed by atoms with Gasteiger partial charge >= 0.3 is 0 Å². The molecule has 0 saturated carbocycles. The molecule has 0 atom stereocenters. The van der Waals surface area contributed by atoms with E-state index < -0.39 is 5.24 Å². The lowest BCUT2D eigenvalue weighted by Crippen LogP contribution is -2.23. The number of nitrogens with zero attached hydrogens (tertiary/aromatic N) is 1. The third-order valence-electron chi connectivity index (χ3n) is 2.08. The zero-order valence-corrected chi connectivity index (χ0v) is 16.0. The molecule has 0 radical (unpaired) electrons. The third-order valence-corrected chi connectivity index (χ3v) is 5.50. The Morgan fingerprint density at radius 2 is 1.67 bits per heavy atom. The van der Waals surface area contributed by atoms with Crippen LogP contribution in [0, 0.1) is 22.0 Å². The molecule has 0 unspecified atom stereocenters. The Balaban J connectivity index is 3.85. The molecule has 94 valence electrons. The minimum Gasteiger partial charge on any atom is -0.355 e. The van der Waals surface area contributed by atoms with Crippen LogP contribution in [0.1, 0.15) is 26.3 Å². The summed E-state index contributed by atoms with van der Waals surface area (Å²) < 4.78 is 1.45. The topological polar surface area (TPSA) is 70.0 Å². The van der Waals surface area contributed by atoms with Gasteiger partial charge in [-0.15, -0.1) is 0 Å². The fraction of sp³-hybridized carbons (Fsp3) is 0.100. The van der Waals surface area contributed by atoms with Crippen LogP contribution >= 0.6 is 79.4 Å². The average molecular weight is 600 g/mol. The predicted octanol–water partition coefficient (Wildman–Crippen LogP) is 3.11. The summed E-state index contributed by atoms with van der Waals surface area (Å²) in [5.41, 5.74) is 0.798. The van der Waals surface area contributed by atoms with Crippen molar-refractivity contribution in [3.63, 3.8) is 0 Å². The van der Waals surface area contributed by atoms with E-state index in [2.05, 4.69) is 5.32 Å². The van der Waals surface area contributed by atoms with E-state index in [0.717, 1.165) is 0 Å². The van der Waals surface area contributed by atoms with Gasteiger partial charge < -0.3 is 5.32 Å². The van der Waals surface area contributed by atoms with Gasteiger partial charge in [0.05, 0.1) is 16.7 Å². The van der Waals surface area contributed by atoms with E-state index in [9.17, 15) is 9.59 Å². The summed E-state index contributed by atoms with van der Waals surface area (Å²) >= 11 is 11.2. The number of carbonyl (C=O) groups is 2. The summed E-state index contributed by atoms with van der Waals surface area (Å²) in [7, 11) is 1.49. The standard InChI is InChI=1S/C10H4ClI3N2O2/c1-16-10(18)5-7(13)3(2-15)6(12)4(8(5)14)9(11)17/h1H3,(H,16,18). The van der Waals surface area contributed by atoms with Crippen LogP contribution in [0.4, 0.5) is 0 Å². The normalized spacial score (nSPS) is 9.78. The maximum absolute atomic E-state index is 11.8. The Hall–Kier alpha value is 0.330. The number of hydrogen-bond acceptors (Lipinski definition) is 3. The Morgan fingerprint density at radius 1 is 1.17 bits per heavy atom. The summed E-state index contributed by atoms with van der Waals surface area (Å²) in [6, 6.07) is 2.00. The van der Waals surface area contributed by atoms with Crippen molar-refractivity contribution in [3.05, 3.63) is 27.4 Å². The van der Waals surface area contributed by atoms with Gasteiger partial charge in [-0.05, 0) is 79.4 Å². The van der Waals surface area contributed by atoms with Gasteiger partial charge in [0.15, 0.2) is 0 Å². The fourth-order valence-electron chi connectivity index (χ4n) is 1.26. The van der Waals surface area contributed by atoms with Crippen molar-refractivity contribution < 1.29 is 9.59 Å². The van der Waals surface area contributed by atoms with E-state index in [4.69, 9.17) is 16.9 Å². The number of carbonyl (C=O) groups excluding carboxylic acids is 2. The Bertz CT molecular complexity index is 596. The molecule has 0 heterocycles. The van der Waals surface area contributed by atoms with Gasteiger partial charge in [-0.25, -0.2) is 0 Å². The van der Waals surface area contributed by atoms with Gasteiger partial charge in [0, 0.05) is 17.8 Å². The minimum absolute atomic E-state index is 0.202. The molecule has 1 aromatic carbocycles. The Morgan fingerprint density at radius 3 is 2.06 bits per heavy atom. The Labute approximate surface area is 149 Å². The van der Waals surface area contributed by atoms with Gasteiger partial charge in [0.25, 0.3) is 11.1 Å². The number of halogens is 4. The van der Waals surface area contributed by atoms with Crippen LogP contribution in [0.15, 0.2) is 0 Å². The molecule has 0 aliphatic rings. The molecular weight excluding hydrogens is 596 g/mol. The lowest BCUT2D eigenvalue weighted by Gasteiger charge is -2.13. The van der Waals surface area contributed by atoms with Crippen LogP contribution in [-0.2, 0) is 0 Å². The van der Waals surface area contributed by atoms with Gasteiger partial charge in [0.1, 0.15) is 6.07 Å². The minimum atomic E-state index is -0.679. The number of nitrogens with one attached hydrogen (secondary N) is 1. The smallest absolute Gasteiger partial charge is 0.254 e. The van der Waals surface area contributed by atoms with Crippen molar-refractivity contribution in [2.24, 2.45) is 0 Å². The highest BCUT2D eigenvalue weighted by molar-refractivity contribution is 14.1. The first-order chi connectivity index (χ1) is 8.36. The van der Waals surface area contributed by atoms with E-state index in [1.165, 1.54) is 7.05 Å². The van der Waals surface area contributed by atoms with Crippen molar-refractivity contribution in [3.8, 4) is 6.07 Å². The van der Waals surface area contributed by atoms with Crippen LogP contribution in [0.2, 0.25) is 0 Å². The lowest BCUT2D eigenvalue weighted by atomic mass is 10.1. The molecule has 8 heteroatoms. The first kappa shape index (κ1) is 16.4. The summed E-state index contributed by atoms with van der Waals surface area (Å²) in [5.74, 6) is -0.351. The van der Waals surface area contributed by atoms with Gasteiger partial charge in [0.2, 0.25) is 0 Å². The number of benzene rings is 1. The number of nitriles is 1. The average Bonchev–Trinajstić information content (AvgIpc) is 2.28. The first-order valence-corrected chi connectivity index (χ1v) is 8.00. The molecule has 0 bridgehead atoms. The van der Waals surface area contributed by atoms with Crippen LogP contribution < -0.4 is 5.32 Å². The summed E-state index contributed by atoms with van der Waals surface area (Å²) in [6.45, 7) is 0. The van der Waals surface area contributed by atoms with E-state index in [0.29, 0.717) is 21.8 Å². The van der Waals surface area contributed by atoms with E-state index in [1.54, 1.807) is 0 Å².